The van der Waals surface area contributed by atoms with Crippen LogP contribution in [-0.2, 0) is 5.60 Å². The molecule has 0 heterocycles. The van der Waals surface area contributed by atoms with Gasteiger partial charge in [-0.1, -0.05) is 52.9 Å². The number of hydrogen-bond acceptors (Lipinski definition) is 1. The normalized spacial score (nSPS) is 16.4. The van der Waals surface area contributed by atoms with Crippen molar-refractivity contribution in [1.29, 1.82) is 0 Å². The minimum absolute atomic E-state index is 0.238. The fourth-order valence-electron chi connectivity index (χ4n) is 1.10. The molecule has 1 rings (SSSR count). The number of rotatable bonds is 3. The average molecular weight is 312 g/mol. The maximum atomic E-state index is 13.4. The lowest BCUT2D eigenvalue weighted by molar-refractivity contribution is -0.159. The smallest absolute Gasteiger partial charge is 0.288 e. The molecular weight excluding hydrogens is 301 g/mol. The number of alkyl halides is 3. The number of halogens is 3. The monoisotopic (exact) mass is 312 g/mol. The summed E-state index contributed by atoms with van der Waals surface area (Å²) in [6.07, 6.45) is 0. The SMILES string of the molecule is CC(O)(c1ccccc1)C(F)(F)CI. The van der Waals surface area contributed by atoms with Crippen molar-refractivity contribution in [1.82, 2.24) is 0 Å². The van der Waals surface area contributed by atoms with Crippen molar-refractivity contribution < 1.29 is 13.9 Å². The highest BCUT2D eigenvalue weighted by Crippen LogP contribution is 2.38. The van der Waals surface area contributed by atoms with Gasteiger partial charge in [0, 0.05) is 0 Å². The first-order valence-corrected chi connectivity index (χ1v) is 5.66. The van der Waals surface area contributed by atoms with Gasteiger partial charge in [-0.2, -0.15) is 0 Å². The molecule has 0 radical (unpaired) electrons. The molecule has 0 saturated heterocycles. The highest BCUT2D eigenvalue weighted by molar-refractivity contribution is 14.1. The third kappa shape index (κ3) is 2.06. The maximum Gasteiger partial charge on any atom is 0.288 e. The van der Waals surface area contributed by atoms with Gasteiger partial charge in [-0.15, -0.1) is 0 Å². The van der Waals surface area contributed by atoms with E-state index in [2.05, 4.69) is 0 Å². The summed E-state index contributed by atoms with van der Waals surface area (Å²) >= 11 is 1.57. The van der Waals surface area contributed by atoms with E-state index in [1.54, 1.807) is 40.8 Å². The molecule has 14 heavy (non-hydrogen) atoms. The Labute approximate surface area is 95.3 Å². The van der Waals surface area contributed by atoms with Crippen LogP contribution in [0.5, 0.6) is 0 Å². The number of benzene rings is 1. The van der Waals surface area contributed by atoms with Crippen LogP contribution in [0.15, 0.2) is 30.3 Å². The molecule has 0 aliphatic heterocycles. The van der Waals surface area contributed by atoms with Gasteiger partial charge in [0.2, 0.25) is 0 Å². The van der Waals surface area contributed by atoms with Crippen LogP contribution >= 0.6 is 22.6 Å². The quantitative estimate of drug-likeness (QED) is 0.672. The third-order valence-electron chi connectivity index (χ3n) is 2.22. The van der Waals surface area contributed by atoms with Crippen LogP contribution in [0.25, 0.3) is 0 Å². The van der Waals surface area contributed by atoms with Gasteiger partial charge in [0.05, 0.1) is 4.43 Å². The third-order valence-corrected chi connectivity index (χ3v) is 3.17. The zero-order chi connectivity index (χ0) is 10.8. The van der Waals surface area contributed by atoms with Crippen molar-refractivity contribution in [2.75, 3.05) is 4.43 Å². The predicted molar refractivity (Wildman–Crippen MR) is 59.8 cm³/mol. The molecule has 0 saturated carbocycles. The van der Waals surface area contributed by atoms with Crippen LogP contribution < -0.4 is 0 Å². The van der Waals surface area contributed by atoms with E-state index >= 15 is 0 Å². The predicted octanol–water partition coefficient (Wildman–Crippen LogP) is 2.96. The molecule has 78 valence electrons. The van der Waals surface area contributed by atoms with Crippen LogP contribution in [-0.4, -0.2) is 15.5 Å². The molecule has 0 spiro atoms. The summed E-state index contributed by atoms with van der Waals surface area (Å²) in [6.45, 7) is 1.14. The summed E-state index contributed by atoms with van der Waals surface area (Å²) < 4.78 is 26.3. The van der Waals surface area contributed by atoms with E-state index in [0.717, 1.165) is 6.92 Å². The number of aliphatic hydroxyl groups is 1. The van der Waals surface area contributed by atoms with Crippen molar-refractivity contribution in [2.45, 2.75) is 18.4 Å². The first-order chi connectivity index (χ1) is 6.42. The van der Waals surface area contributed by atoms with E-state index in [1.165, 1.54) is 12.1 Å². The van der Waals surface area contributed by atoms with Crippen molar-refractivity contribution in [3.05, 3.63) is 35.9 Å². The van der Waals surface area contributed by atoms with Gasteiger partial charge in [-0.25, -0.2) is 8.78 Å². The van der Waals surface area contributed by atoms with E-state index in [-0.39, 0.29) is 5.56 Å². The highest BCUT2D eigenvalue weighted by atomic mass is 127. The molecule has 1 aromatic rings. The van der Waals surface area contributed by atoms with E-state index < -0.39 is 16.0 Å². The van der Waals surface area contributed by atoms with Gasteiger partial charge < -0.3 is 5.11 Å². The van der Waals surface area contributed by atoms with Crippen molar-refractivity contribution in [3.8, 4) is 0 Å². The standard InChI is InChI=1S/C10H11F2IO/c1-9(14,10(11,12)7-13)8-5-3-2-4-6-8/h2-6,14H,7H2,1H3. The largest absolute Gasteiger partial charge is 0.379 e. The molecule has 0 fully saturated rings. The average Bonchev–Trinajstić information content (AvgIpc) is 2.19. The maximum absolute atomic E-state index is 13.4. The fourth-order valence-corrected chi connectivity index (χ4v) is 1.85. The summed E-state index contributed by atoms with van der Waals surface area (Å²) in [6, 6.07) is 7.99. The molecule has 1 aromatic carbocycles. The lowest BCUT2D eigenvalue weighted by Crippen LogP contribution is -2.44. The van der Waals surface area contributed by atoms with Crippen LogP contribution in [0.3, 0.4) is 0 Å². The molecule has 0 aliphatic rings. The van der Waals surface area contributed by atoms with Gasteiger partial charge in [0.25, 0.3) is 5.92 Å². The first kappa shape index (κ1) is 11.8. The Hall–Kier alpha value is -0.230. The first-order valence-electron chi connectivity index (χ1n) is 4.13. The molecule has 1 N–H and O–H groups in total. The van der Waals surface area contributed by atoms with Gasteiger partial charge in [-0.3, -0.25) is 0 Å². The Morgan fingerprint density at radius 3 is 2.21 bits per heavy atom. The van der Waals surface area contributed by atoms with Crippen molar-refractivity contribution >= 4 is 22.6 Å². The Bertz CT molecular complexity index is 298. The molecule has 0 amide bonds. The molecule has 0 aromatic heterocycles. The second kappa shape index (κ2) is 4.10. The van der Waals surface area contributed by atoms with E-state index in [9.17, 15) is 13.9 Å². The Morgan fingerprint density at radius 1 is 1.29 bits per heavy atom. The minimum Gasteiger partial charge on any atom is -0.379 e. The van der Waals surface area contributed by atoms with Gasteiger partial charge in [0.15, 0.2) is 5.60 Å². The zero-order valence-corrected chi connectivity index (χ0v) is 9.83. The lowest BCUT2D eigenvalue weighted by Gasteiger charge is -2.31. The van der Waals surface area contributed by atoms with Crippen LogP contribution in [0.4, 0.5) is 8.78 Å². The zero-order valence-electron chi connectivity index (χ0n) is 7.67. The van der Waals surface area contributed by atoms with E-state index in [0.29, 0.717) is 0 Å². The Morgan fingerprint density at radius 2 is 1.79 bits per heavy atom. The van der Waals surface area contributed by atoms with Crippen molar-refractivity contribution in [3.63, 3.8) is 0 Å². The van der Waals surface area contributed by atoms with E-state index in [1.807, 2.05) is 0 Å². The van der Waals surface area contributed by atoms with Gasteiger partial charge >= 0.3 is 0 Å². The molecule has 1 atom stereocenters. The fraction of sp³-hybridized carbons (Fsp3) is 0.400. The van der Waals surface area contributed by atoms with Crippen LogP contribution in [0.1, 0.15) is 12.5 Å². The van der Waals surface area contributed by atoms with Crippen LogP contribution in [0.2, 0.25) is 0 Å². The van der Waals surface area contributed by atoms with Crippen LogP contribution in [0, 0.1) is 0 Å². The van der Waals surface area contributed by atoms with E-state index in [4.69, 9.17) is 0 Å². The summed E-state index contributed by atoms with van der Waals surface area (Å²) in [4.78, 5) is 0. The molecule has 4 heteroatoms. The minimum atomic E-state index is -3.12. The summed E-state index contributed by atoms with van der Waals surface area (Å²) in [5, 5.41) is 9.76. The Kier molecular flexibility index (Phi) is 3.47. The van der Waals surface area contributed by atoms with Gasteiger partial charge in [-0.05, 0) is 12.5 Å². The molecule has 1 nitrogen and oxygen atoms in total. The molecule has 0 aliphatic carbocycles. The number of hydrogen-bond donors (Lipinski definition) is 1. The topological polar surface area (TPSA) is 20.2 Å². The second-order valence-corrected chi connectivity index (χ2v) is 4.04. The highest BCUT2D eigenvalue weighted by Gasteiger charge is 2.49. The summed E-state index contributed by atoms with van der Waals surface area (Å²) in [7, 11) is 0. The molecular formula is C10H11F2IO. The van der Waals surface area contributed by atoms with Crippen molar-refractivity contribution in [2.24, 2.45) is 0 Å². The summed E-state index contributed by atoms with van der Waals surface area (Å²) in [5.74, 6) is -3.12. The van der Waals surface area contributed by atoms with Gasteiger partial charge in [0.1, 0.15) is 0 Å². The lowest BCUT2D eigenvalue weighted by atomic mass is 9.90. The second-order valence-electron chi connectivity index (χ2n) is 3.28. The molecule has 1 unspecified atom stereocenters. The molecule has 0 bridgehead atoms. The Balaban J connectivity index is 3.08. The summed E-state index contributed by atoms with van der Waals surface area (Å²) in [5.41, 5.74) is -1.86.